The molecule has 1 saturated carbocycles. The maximum Gasteiger partial charge on any atom is 0.388 e. The molecule has 2 aromatic carbocycles. The van der Waals surface area contributed by atoms with Gasteiger partial charge in [0, 0.05) is 29.5 Å². The van der Waals surface area contributed by atoms with Crippen LogP contribution in [0, 0.1) is 12.7 Å². The van der Waals surface area contributed by atoms with Gasteiger partial charge >= 0.3 is 12.6 Å². The van der Waals surface area contributed by atoms with Crippen molar-refractivity contribution in [3.05, 3.63) is 76.9 Å². The number of nitrogens with zero attached hydrogens (tertiary/aromatic N) is 3. The number of rotatable bonds is 9. The zero-order valence-electron chi connectivity index (χ0n) is 22.7. The van der Waals surface area contributed by atoms with Crippen molar-refractivity contribution in [3.63, 3.8) is 0 Å². The number of benzene rings is 2. The predicted molar refractivity (Wildman–Crippen MR) is 143 cm³/mol. The fourth-order valence-corrected chi connectivity index (χ4v) is 4.57. The summed E-state index contributed by atoms with van der Waals surface area (Å²) in [6, 6.07) is 12.0. The Kier molecular flexibility index (Phi) is 7.44. The van der Waals surface area contributed by atoms with Crippen molar-refractivity contribution >= 4 is 16.9 Å². The summed E-state index contributed by atoms with van der Waals surface area (Å²) in [6.07, 6.45) is 4.43. The van der Waals surface area contributed by atoms with Crippen LogP contribution >= 0.6 is 0 Å². The zero-order chi connectivity index (χ0) is 28.6. The van der Waals surface area contributed by atoms with Crippen molar-refractivity contribution in [3.8, 4) is 17.3 Å². The van der Waals surface area contributed by atoms with E-state index in [0.717, 1.165) is 35.9 Å². The van der Waals surface area contributed by atoms with Crippen LogP contribution in [0.3, 0.4) is 0 Å². The largest absolute Gasteiger partial charge is 0.481 e. The molecule has 0 saturated heterocycles. The summed E-state index contributed by atoms with van der Waals surface area (Å²) in [4.78, 5) is 16.3. The van der Waals surface area contributed by atoms with Crippen molar-refractivity contribution in [1.82, 2.24) is 14.8 Å². The van der Waals surface area contributed by atoms with Gasteiger partial charge in [-0.05, 0) is 82.0 Å². The molecule has 1 aliphatic carbocycles. The molecule has 0 N–H and O–H groups in total. The highest BCUT2D eigenvalue weighted by molar-refractivity contribution is 5.91. The van der Waals surface area contributed by atoms with Crippen LogP contribution in [0.25, 0.3) is 16.6 Å². The summed E-state index contributed by atoms with van der Waals surface area (Å²) in [6.45, 7) is 3.29. The number of hydrogen-bond acceptors (Lipinski definition) is 6. The molecule has 10 heteroatoms. The Morgan fingerprint density at radius 3 is 2.48 bits per heavy atom. The maximum atomic E-state index is 14.8. The van der Waals surface area contributed by atoms with Crippen LogP contribution in [0.2, 0.25) is 0 Å². The minimum atomic E-state index is -3.15. The highest BCUT2D eigenvalue weighted by atomic mass is 19.3. The summed E-state index contributed by atoms with van der Waals surface area (Å²) in [5, 5.41) is 4.90. The number of esters is 1. The molecule has 2 aromatic heterocycles. The zero-order valence-corrected chi connectivity index (χ0v) is 22.7. The number of aryl methyl sites for hydroxylation is 1. The average molecular weight is 554 g/mol. The number of halogens is 3. The molecule has 7 nitrogen and oxygen atoms in total. The van der Waals surface area contributed by atoms with Crippen molar-refractivity contribution in [2.24, 2.45) is 0 Å². The van der Waals surface area contributed by atoms with Crippen molar-refractivity contribution in [2.45, 2.75) is 65.1 Å². The monoisotopic (exact) mass is 553 g/mol. The van der Waals surface area contributed by atoms with Crippen LogP contribution in [-0.2, 0) is 16.0 Å². The van der Waals surface area contributed by atoms with Gasteiger partial charge in [-0.15, -0.1) is 0 Å². The quantitative estimate of drug-likeness (QED) is 0.216. The highest BCUT2D eigenvalue weighted by Gasteiger charge is 2.26. The van der Waals surface area contributed by atoms with Gasteiger partial charge in [-0.2, -0.15) is 13.9 Å². The van der Waals surface area contributed by atoms with Crippen molar-refractivity contribution in [2.75, 3.05) is 6.61 Å². The van der Waals surface area contributed by atoms with Gasteiger partial charge in [0.2, 0.25) is 5.88 Å². The molecule has 0 aliphatic heterocycles. The Labute approximate surface area is 229 Å². The van der Waals surface area contributed by atoms with Crippen molar-refractivity contribution in [1.29, 1.82) is 0 Å². The lowest BCUT2D eigenvalue weighted by Gasteiger charge is -2.20. The third-order valence-electron chi connectivity index (χ3n) is 6.54. The summed E-state index contributed by atoms with van der Waals surface area (Å²) >= 11 is 0. The first-order chi connectivity index (χ1) is 19.0. The van der Waals surface area contributed by atoms with Gasteiger partial charge in [0.25, 0.3) is 0 Å². The van der Waals surface area contributed by atoms with Gasteiger partial charge in [-0.25, -0.2) is 18.9 Å². The first-order valence-corrected chi connectivity index (χ1v) is 13.0. The van der Waals surface area contributed by atoms with E-state index in [4.69, 9.17) is 14.2 Å². The van der Waals surface area contributed by atoms with Gasteiger partial charge in [0.05, 0.1) is 11.4 Å². The molecule has 1 aliphatic rings. The smallest absolute Gasteiger partial charge is 0.388 e. The van der Waals surface area contributed by atoms with E-state index in [1.54, 1.807) is 27.7 Å². The second-order valence-corrected chi connectivity index (χ2v) is 10.8. The SMILES string of the molecule is Cc1c(Cc2ccc(-n3ccc(C4CC4)n3)cc2)c(OC(F)F)nc2c(F)ccc(OCC(=O)OC(C)(C)C)c12. The number of carbonyl (C=O) groups excluding carboxylic acids is 1. The molecule has 210 valence electrons. The normalized spacial score (nSPS) is 13.6. The van der Waals surface area contributed by atoms with E-state index >= 15 is 0 Å². The molecule has 0 atom stereocenters. The Morgan fingerprint density at radius 2 is 1.82 bits per heavy atom. The van der Waals surface area contributed by atoms with Gasteiger partial charge in [-0.1, -0.05) is 12.1 Å². The van der Waals surface area contributed by atoms with Crippen LogP contribution in [-0.4, -0.2) is 39.6 Å². The highest BCUT2D eigenvalue weighted by Crippen LogP contribution is 2.39. The lowest BCUT2D eigenvalue weighted by molar-refractivity contribution is -0.157. The fraction of sp³-hybridized carbons (Fsp3) is 0.367. The molecule has 0 unspecified atom stereocenters. The molecule has 5 rings (SSSR count). The van der Waals surface area contributed by atoms with E-state index in [9.17, 15) is 18.0 Å². The fourth-order valence-electron chi connectivity index (χ4n) is 4.57. The van der Waals surface area contributed by atoms with Gasteiger partial charge < -0.3 is 14.2 Å². The number of ether oxygens (including phenoxy) is 3. The Hall–Kier alpha value is -4.08. The van der Waals surface area contributed by atoms with Crippen LogP contribution < -0.4 is 9.47 Å². The van der Waals surface area contributed by atoms with E-state index in [-0.39, 0.29) is 29.0 Å². The molecule has 0 amide bonds. The number of pyridine rings is 1. The molecule has 0 spiro atoms. The average Bonchev–Trinajstić information content (AvgIpc) is 3.61. The van der Waals surface area contributed by atoms with Crippen LogP contribution in [0.5, 0.6) is 11.6 Å². The molecule has 0 bridgehead atoms. The van der Waals surface area contributed by atoms with Crippen molar-refractivity contribution < 1.29 is 32.2 Å². The molecule has 40 heavy (non-hydrogen) atoms. The standard InChI is InChI=1S/C30H30F3N3O4/c1-17-21(15-18-5-9-20(10-6-18)36-14-13-23(35-36)19-7-8-19)28(39-29(32)33)34-27-22(31)11-12-24(26(17)27)38-16-25(37)40-30(2,3)4/h5-6,9-14,19,29H,7-8,15-16H2,1-4H3. The molecular formula is C30H30F3N3O4. The summed E-state index contributed by atoms with van der Waals surface area (Å²) < 4.78 is 59.1. The summed E-state index contributed by atoms with van der Waals surface area (Å²) in [7, 11) is 0. The number of alkyl halides is 2. The van der Waals surface area contributed by atoms with Crippen LogP contribution in [0.1, 0.15) is 61.9 Å². The molecule has 2 heterocycles. The van der Waals surface area contributed by atoms with E-state index < -0.39 is 30.6 Å². The van der Waals surface area contributed by atoms with Crippen LogP contribution in [0.15, 0.2) is 48.7 Å². The van der Waals surface area contributed by atoms with E-state index in [2.05, 4.69) is 10.1 Å². The maximum absolute atomic E-state index is 14.8. The van der Waals surface area contributed by atoms with Crippen LogP contribution in [0.4, 0.5) is 13.2 Å². The molecule has 4 aromatic rings. The van der Waals surface area contributed by atoms with E-state index in [0.29, 0.717) is 17.0 Å². The summed E-state index contributed by atoms with van der Waals surface area (Å²) in [5.74, 6) is -0.983. The predicted octanol–water partition coefficient (Wildman–Crippen LogP) is 6.66. The first kappa shape index (κ1) is 27.5. The number of carbonyl (C=O) groups is 1. The number of fused-ring (bicyclic) bond motifs is 1. The number of aromatic nitrogens is 3. The molecule has 0 radical (unpaired) electrons. The second kappa shape index (κ2) is 10.8. The Bertz CT molecular complexity index is 1540. The van der Waals surface area contributed by atoms with E-state index in [1.165, 1.54) is 6.07 Å². The minimum absolute atomic E-state index is 0.178. The third-order valence-corrected chi connectivity index (χ3v) is 6.54. The first-order valence-electron chi connectivity index (χ1n) is 13.0. The third kappa shape index (κ3) is 6.21. The van der Waals surface area contributed by atoms with Gasteiger partial charge in [0.1, 0.15) is 22.7 Å². The minimum Gasteiger partial charge on any atom is -0.481 e. The lowest BCUT2D eigenvalue weighted by Crippen LogP contribution is -2.27. The number of hydrogen-bond donors (Lipinski definition) is 0. The summed E-state index contributed by atoms with van der Waals surface area (Å²) in [5.41, 5.74) is 2.64. The molecule has 1 fully saturated rings. The second-order valence-electron chi connectivity index (χ2n) is 10.8. The van der Waals surface area contributed by atoms with E-state index in [1.807, 2.05) is 41.2 Å². The van der Waals surface area contributed by atoms with Gasteiger partial charge in [-0.3, -0.25) is 0 Å². The Morgan fingerprint density at radius 1 is 1.10 bits per heavy atom. The molecular weight excluding hydrogens is 523 g/mol. The Balaban J connectivity index is 1.47. The van der Waals surface area contributed by atoms with Gasteiger partial charge in [0.15, 0.2) is 6.61 Å². The lowest BCUT2D eigenvalue weighted by atomic mass is 9.97. The topological polar surface area (TPSA) is 75.5 Å².